The van der Waals surface area contributed by atoms with Crippen molar-refractivity contribution in [2.75, 3.05) is 5.32 Å². The van der Waals surface area contributed by atoms with E-state index in [0.717, 1.165) is 28.5 Å². The molecular formula is C19H19N3OS. The van der Waals surface area contributed by atoms with E-state index in [1.165, 1.54) is 5.56 Å². The monoisotopic (exact) mass is 337 g/mol. The fourth-order valence-electron chi connectivity index (χ4n) is 2.32. The predicted octanol–water partition coefficient (Wildman–Crippen LogP) is 4.34. The van der Waals surface area contributed by atoms with E-state index >= 15 is 0 Å². The van der Waals surface area contributed by atoms with Gasteiger partial charge in [-0.3, -0.25) is 9.78 Å². The molecule has 122 valence electrons. The molecule has 24 heavy (non-hydrogen) atoms. The molecule has 0 aliphatic carbocycles. The molecule has 0 fully saturated rings. The van der Waals surface area contributed by atoms with Crippen molar-refractivity contribution in [3.05, 3.63) is 65.3 Å². The Morgan fingerprint density at radius 3 is 2.71 bits per heavy atom. The summed E-state index contributed by atoms with van der Waals surface area (Å²) in [6, 6.07) is 13.7. The van der Waals surface area contributed by atoms with Crippen molar-refractivity contribution in [2.24, 2.45) is 0 Å². The summed E-state index contributed by atoms with van der Waals surface area (Å²) in [6.07, 6.45) is 3.80. The van der Waals surface area contributed by atoms with Gasteiger partial charge in [0.25, 0.3) is 0 Å². The maximum absolute atomic E-state index is 12.1. The van der Waals surface area contributed by atoms with Gasteiger partial charge in [0.05, 0.1) is 11.4 Å². The van der Waals surface area contributed by atoms with Crippen LogP contribution in [0.2, 0.25) is 0 Å². The normalized spacial score (nSPS) is 10.5. The molecule has 2 aromatic heterocycles. The molecule has 0 saturated carbocycles. The second-order valence-corrected chi connectivity index (χ2v) is 6.32. The van der Waals surface area contributed by atoms with E-state index in [4.69, 9.17) is 0 Å². The molecule has 3 rings (SSSR count). The number of hydrogen-bond acceptors (Lipinski definition) is 4. The van der Waals surface area contributed by atoms with Crippen molar-refractivity contribution >= 4 is 22.9 Å². The van der Waals surface area contributed by atoms with Crippen LogP contribution in [0.25, 0.3) is 10.7 Å². The highest BCUT2D eigenvalue weighted by molar-refractivity contribution is 7.13. The molecule has 1 amide bonds. The van der Waals surface area contributed by atoms with E-state index in [2.05, 4.69) is 22.2 Å². The van der Waals surface area contributed by atoms with Gasteiger partial charge in [-0.25, -0.2) is 4.98 Å². The van der Waals surface area contributed by atoms with Crippen molar-refractivity contribution in [3.63, 3.8) is 0 Å². The predicted molar refractivity (Wildman–Crippen MR) is 98.1 cm³/mol. The molecule has 0 aliphatic rings. The Morgan fingerprint density at radius 2 is 2.00 bits per heavy atom. The minimum absolute atomic E-state index is 0.00614. The lowest BCUT2D eigenvalue weighted by Crippen LogP contribution is -2.12. The standard InChI is InChI=1S/C19H19N3OS/c1-2-14-6-8-15(9-7-14)21-18(23)11-10-16-13-24-19(22-16)17-5-3-4-12-20-17/h3-9,12-13H,2,10-11H2,1H3,(H,21,23). The van der Waals surface area contributed by atoms with Crippen LogP contribution in [0.4, 0.5) is 5.69 Å². The molecule has 2 heterocycles. The first-order valence-corrected chi connectivity index (χ1v) is 8.87. The average Bonchev–Trinajstić information content (AvgIpc) is 3.10. The lowest BCUT2D eigenvalue weighted by molar-refractivity contribution is -0.116. The molecule has 4 nitrogen and oxygen atoms in total. The SMILES string of the molecule is CCc1ccc(NC(=O)CCc2csc(-c3ccccn3)n2)cc1. The van der Waals surface area contributed by atoms with Crippen molar-refractivity contribution in [3.8, 4) is 10.7 Å². The number of nitrogens with one attached hydrogen (secondary N) is 1. The fourth-order valence-corrected chi connectivity index (χ4v) is 3.15. The van der Waals surface area contributed by atoms with E-state index < -0.39 is 0 Å². The Bertz CT molecular complexity index is 797. The molecule has 1 N–H and O–H groups in total. The number of anilines is 1. The summed E-state index contributed by atoms with van der Waals surface area (Å²) in [7, 11) is 0. The first kappa shape index (κ1) is 16.3. The van der Waals surface area contributed by atoms with Crippen molar-refractivity contribution in [1.82, 2.24) is 9.97 Å². The van der Waals surface area contributed by atoms with E-state index in [-0.39, 0.29) is 5.91 Å². The van der Waals surface area contributed by atoms with Gasteiger partial charge in [0.1, 0.15) is 5.01 Å². The lowest BCUT2D eigenvalue weighted by atomic mass is 10.1. The quantitative estimate of drug-likeness (QED) is 0.728. The van der Waals surface area contributed by atoms with Gasteiger partial charge in [0, 0.05) is 23.7 Å². The highest BCUT2D eigenvalue weighted by Crippen LogP contribution is 2.22. The topological polar surface area (TPSA) is 54.9 Å². The van der Waals surface area contributed by atoms with E-state index in [0.29, 0.717) is 12.8 Å². The number of carbonyl (C=O) groups is 1. The molecule has 0 radical (unpaired) electrons. The average molecular weight is 337 g/mol. The zero-order chi connectivity index (χ0) is 16.8. The Morgan fingerprint density at radius 1 is 1.17 bits per heavy atom. The summed E-state index contributed by atoms with van der Waals surface area (Å²) in [5.41, 5.74) is 3.90. The number of amides is 1. The van der Waals surface area contributed by atoms with Crippen molar-refractivity contribution < 1.29 is 4.79 Å². The molecule has 0 aliphatic heterocycles. The maximum atomic E-state index is 12.1. The summed E-state index contributed by atoms with van der Waals surface area (Å²) in [5.74, 6) is 0.00614. The lowest BCUT2D eigenvalue weighted by Gasteiger charge is -2.05. The van der Waals surface area contributed by atoms with Gasteiger partial charge in [0.15, 0.2) is 0 Å². The molecule has 0 atom stereocenters. The fraction of sp³-hybridized carbons (Fsp3) is 0.211. The third kappa shape index (κ3) is 4.26. The number of carbonyl (C=O) groups excluding carboxylic acids is 1. The number of benzene rings is 1. The third-order valence-corrected chi connectivity index (χ3v) is 4.60. The first-order chi connectivity index (χ1) is 11.7. The molecule has 1 aromatic carbocycles. The van der Waals surface area contributed by atoms with Gasteiger partial charge in [-0.05, 0) is 42.7 Å². The van der Waals surface area contributed by atoms with Gasteiger partial charge >= 0.3 is 0 Å². The van der Waals surface area contributed by atoms with Crippen LogP contribution in [0.5, 0.6) is 0 Å². The van der Waals surface area contributed by atoms with Crippen LogP contribution < -0.4 is 5.32 Å². The summed E-state index contributed by atoms with van der Waals surface area (Å²) >= 11 is 1.56. The van der Waals surface area contributed by atoms with Crippen LogP contribution in [-0.2, 0) is 17.6 Å². The Hall–Kier alpha value is -2.53. The van der Waals surface area contributed by atoms with E-state index in [1.54, 1.807) is 17.5 Å². The summed E-state index contributed by atoms with van der Waals surface area (Å²) < 4.78 is 0. The Kier molecular flexibility index (Phi) is 5.33. The van der Waals surface area contributed by atoms with Gasteiger partial charge in [-0.2, -0.15) is 0 Å². The molecule has 0 spiro atoms. The second-order valence-electron chi connectivity index (χ2n) is 5.46. The number of aryl methyl sites for hydroxylation is 2. The van der Waals surface area contributed by atoms with Gasteiger partial charge in [-0.15, -0.1) is 11.3 Å². The van der Waals surface area contributed by atoms with Crippen LogP contribution >= 0.6 is 11.3 Å². The number of nitrogens with zero attached hydrogens (tertiary/aromatic N) is 2. The van der Waals surface area contributed by atoms with Crippen molar-refractivity contribution in [1.29, 1.82) is 0 Å². The van der Waals surface area contributed by atoms with Gasteiger partial charge in [-0.1, -0.05) is 25.1 Å². The highest BCUT2D eigenvalue weighted by Gasteiger charge is 2.08. The molecule has 0 unspecified atom stereocenters. The van der Waals surface area contributed by atoms with E-state index in [1.807, 2.05) is 47.8 Å². The van der Waals surface area contributed by atoms with Crippen LogP contribution in [0, 0.1) is 0 Å². The summed E-state index contributed by atoms with van der Waals surface area (Å²) in [4.78, 5) is 20.9. The molecule has 5 heteroatoms. The summed E-state index contributed by atoms with van der Waals surface area (Å²) in [5, 5.41) is 5.81. The minimum atomic E-state index is 0.00614. The van der Waals surface area contributed by atoms with Gasteiger partial charge in [0.2, 0.25) is 5.91 Å². The molecular weight excluding hydrogens is 318 g/mol. The molecule has 3 aromatic rings. The summed E-state index contributed by atoms with van der Waals surface area (Å²) in [6.45, 7) is 2.11. The van der Waals surface area contributed by atoms with Crippen LogP contribution in [0.15, 0.2) is 54.0 Å². The minimum Gasteiger partial charge on any atom is -0.326 e. The highest BCUT2D eigenvalue weighted by atomic mass is 32.1. The van der Waals surface area contributed by atoms with Crippen LogP contribution in [-0.4, -0.2) is 15.9 Å². The zero-order valence-electron chi connectivity index (χ0n) is 13.5. The van der Waals surface area contributed by atoms with Crippen LogP contribution in [0.1, 0.15) is 24.6 Å². The number of pyridine rings is 1. The van der Waals surface area contributed by atoms with Gasteiger partial charge < -0.3 is 5.32 Å². The number of hydrogen-bond donors (Lipinski definition) is 1. The first-order valence-electron chi connectivity index (χ1n) is 7.99. The Balaban J connectivity index is 1.53. The van der Waals surface area contributed by atoms with E-state index in [9.17, 15) is 4.79 Å². The number of aromatic nitrogens is 2. The third-order valence-electron chi connectivity index (χ3n) is 3.69. The second kappa shape index (κ2) is 7.84. The van der Waals surface area contributed by atoms with Crippen LogP contribution in [0.3, 0.4) is 0 Å². The Labute approximate surface area is 145 Å². The zero-order valence-corrected chi connectivity index (χ0v) is 14.3. The largest absolute Gasteiger partial charge is 0.326 e. The molecule has 0 bridgehead atoms. The smallest absolute Gasteiger partial charge is 0.224 e. The van der Waals surface area contributed by atoms with Crippen molar-refractivity contribution in [2.45, 2.75) is 26.2 Å². The maximum Gasteiger partial charge on any atom is 0.224 e. The number of rotatable bonds is 6. The number of thiazole rings is 1. The molecule has 0 saturated heterocycles.